The van der Waals surface area contributed by atoms with Gasteiger partial charge in [0.1, 0.15) is 4.88 Å². The summed E-state index contributed by atoms with van der Waals surface area (Å²) in [6.45, 7) is 2.05. The quantitative estimate of drug-likeness (QED) is 0.758. The van der Waals surface area contributed by atoms with E-state index in [9.17, 15) is 4.79 Å². The Kier molecular flexibility index (Phi) is 2.68. The molecule has 0 aliphatic rings. The van der Waals surface area contributed by atoms with E-state index in [-0.39, 0.29) is 12.5 Å². The zero-order valence-electron chi connectivity index (χ0n) is 7.89. The van der Waals surface area contributed by atoms with Crippen LogP contribution in [0.15, 0.2) is 5.51 Å². The molecule has 0 saturated heterocycles. The lowest BCUT2D eigenvalue weighted by molar-refractivity contribution is 0.0953. The number of nitrogens with zero attached hydrogens (tertiary/aromatic N) is 4. The number of hydrogen-bond acceptors (Lipinski definition) is 6. The number of amides is 1. The Balaban J connectivity index is 1.96. The molecular weight excluding hydrogens is 216 g/mol. The van der Waals surface area contributed by atoms with Gasteiger partial charge in [0.2, 0.25) is 0 Å². The summed E-state index contributed by atoms with van der Waals surface area (Å²) in [5, 5.41) is 15.8. The molecule has 7 nitrogen and oxygen atoms in total. The van der Waals surface area contributed by atoms with E-state index in [4.69, 9.17) is 0 Å². The lowest BCUT2D eigenvalue weighted by atomic mass is 10.4. The summed E-state index contributed by atoms with van der Waals surface area (Å²) in [6.07, 6.45) is 0. The van der Waals surface area contributed by atoms with Crippen molar-refractivity contribution in [1.29, 1.82) is 0 Å². The number of hydrogen-bond donors (Lipinski definition) is 2. The average molecular weight is 224 g/mol. The molecule has 8 heteroatoms. The van der Waals surface area contributed by atoms with Gasteiger partial charge in [-0.2, -0.15) is 5.21 Å². The second-order valence-corrected chi connectivity index (χ2v) is 3.63. The lowest BCUT2D eigenvalue weighted by Crippen LogP contribution is -2.23. The summed E-state index contributed by atoms with van der Waals surface area (Å²) in [6, 6.07) is 0. The van der Waals surface area contributed by atoms with E-state index < -0.39 is 0 Å². The summed E-state index contributed by atoms with van der Waals surface area (Å²) in [4.78, 5) is 16.2. The van der Waals surface area contributed by atoms with Gasteiger partial charge in [-0.15, -0.1) is 21.5 Å². The van der Waals surface area contributed by atoms with E-state index in [0.717, 1.165) is 5.69 Å². The van der Waals surface area contributed by atoms with Crippen LogP contribution in [0.4, 0.5) is 0 Å². The van der Waals surface area contributed by atoms with Gasteiger partial charge in [0, 0.05) is 0 Å². The van der Waals surface area contributed by atoms with Gasteiger partial charge >= 0.3 is 0 Å². The Labute approximate surface area is 88.9 Å². The van der Waals surface area contributed by atoms with Gasteiger partial charge in [-0.25, -0.2) is 4.98 Å². The smallest absolute Gasteiger partial charge is 0.263 e. The van der Waals surface area contributed by atoms with E-state index >= 15 is 0 Å². The molecule has 2 heterocycles. The van der Waals surface area contributed by atoms with Crippen LogP contribution in [-0.4, -0.2) is 31.5 Å². The highest BCUT2D eigenvalue weighted by atomic mass is 32.1. The third-order valence-electron chi connectivity index (χ3n) is 1.75. The topological polar surface area (TPSA) is 96.5 Å². The van der Waals surface area contributed by atoms with Crippen molar-refractivity contribution >= 4 is 17.2 Å². The maximum atomic E-state index is 11.6. The first kappa shape index (κ1) is 9.71. The van der Waals surface area contributed by atoms with Crippen molar-refractivity contribution in [2.75, 3.05) is 0 Å². The number of thiazole rings is 1. The van der Waals surface area contributed by atoms with E-state index in [2.05, 4.69) is 30.9 Å². The fourth-order valence-electron chi connectivity index (χ4n) is 1.02. The molecule has 0 aliphatic carbocycles. The van der Waals surface area contributed by atoms with Crippen molar-refractivity contribution < 1.29 is 4.79 Å². The Bertz CT molecular complexity index is 450. The predicted octanol–water partition coefficient (Wildman–Crippen LogP) is -0.105. The van der Waals surface area contributed by atoms with Crippen molar-refractivity contribution in [3.63, 3.8) is 0 Å². The van der Waals surface area contributed by atoms with Crippen LogP contribution in [0.1, 0.15) is 21.2 Å². The van der Waals surface area contributed by atoms with Gasteiger partial charge < -0.3 is 5.32 Å². The Morgan fingerprint density at radius 3 is 3.13 bits per heavy atom. The number of nitrogens with one attached hydrogen (secondary N) is 2. The van der Waals surface area contributed by atoms with Crippen molar-refractivity contribution in [3.05, 3.63) is 21.9 Å². The molecule has 0 unspecified atom stereocenters. The summed E-state index contributed by atoms with van der Waals surface area (Å²) in [7, 11) is 0. The zero-order chi connectivity index (χ0) is 10.7. The average Bonchev–Trinajstić information content (AvgIpc) is 2.84. The van der Waals surface area contributed by atoms with Gasteiger partial charge in [-0.3, -0.25) is 4.79 Å². The first-order valence-corrected chi connectivity index (χ1v) is 5.06. The number of aryl methyl sites for hydroxylation is 1. The molecule has 0 fully saturated rings. The largest absolute Gasteiger partial charge is 0.344 e. The molecule has 0 aromatic carbocycles. The standard InChI is InChI=1S/C7H8N6OS/c1-4-6(15-3-9-4)7(14)8-2-5-10-12-13-11-5/h3H,2H2,1H3,(H,8,14)(H,10,11,12,13). The molecule has 15 heavy (non-hydrogen) atoms. The summed E-state index contributed by atoms with van der Waals surface area (Å²) in [5.74, 6) is 0.283. The number of H-pyrrole nitrogens is 1. The third kappa shape index (κ3) is 2.15. The van der Waals surface area contributed by atoms with Crippen molar-refractivity contribution in [1.82, 2.24) is 30.9 Å². The molecule has 2 N–H and O–H groups in total. The molecule has 0 bridgehead atoms. The van der Waals surface area contributed by atoms with Crippen LogP contribution in [-0.2, 0) is 6.54 Å². The van der Waals surface area contributed by atoms with Crippen molar-refractivity contribution in [3.8, 4) is 0 Å². The SMILES string of the molecule is Cc1ncsc1C(=O)NCc1nn[nH]n1. The Hall–Kier alpha value is -1.83. The second-order valence-electron chi connectivity index (χ2n) is 2.78. The lowest BCUT2D eigenvalue weighted by Gasteiger charge is -1.99. The highest BCUT2D eigenvalue weighted by Crippen LogP contribution is 2.11. The van der Waals surface area contributed by atoms with Crippen LogP contribution in [0.2, 0.25) is 0 Å². The molecule has 0 spiro atoms. The monoisotopic (exact) mass is 224 g/mol. The van der Waals surface area contributed by atoms with Crippen LogP contribution < -0.4 is 5.32 Å². The molecule has 0 atom stereocenters. The normalized spacial score (nSPS) is 10.2. The van der Waals surface area contributed by atoms with Crippen LogP contribution >= 0.6 is 11.3 Å². The minimum absolute atomic E-state index is 0.167. The predicted molar refractivity (Wildman–Crippen MR) is 52.2 cm³/mol. The van der Waals surface area contributed by atoms with Gasteiger partial charge in [0.15, 0.2) is 5.82 Å². The van der Waals surface area contributed by atoms with Crippen molar-refractivity contribution in [2.24, 2.45) is 0 Å². The first-order valence-electron chi connectivity index (χ1n) is 4.18. The van der Waals surface area contributed by atoms with Crippen LogP contribution in [0, 0.1) is 6.92 Å². The number of tetrazole rings is 1. The van der Waals surface area contributed by atoms with Crippen LogP contribution in [0.5, 0.6) is 0 Å². The number of carbonyl (C=O) groups excluding carboxylic acids is 1. The summed E-state index contributed by atoms with van der Waals surface area (Å²) in [5.41, 5.74) is 2.36. The Morgan fingerprint density at radius 1 is 1.67 bits per heavy atom. The molecule has 1 amide bonds. The summed E-state index contributed by atoms with van der Waals surface area (Å²) >= 11 is 1.31. The fourth-order valence-corrected chi connectivity index (χ4v) is 1.74. The number of carbonyl (C=O) groups is 1. The minimum Gasteiger partial charge on any atom is -0.344 e. The second kappa shape index (κ2) is 4.13. The van der Waals surface area contributed by atoms with E-state index in [1.54, 1.807) is 12.4 Å². The molecule has 0 aliphatic heterocycles. The number of aromatic nitrogens is 5. The van der Waals surface area contributed by atoms with Gasteiger partial charge in [-0.05, 0) is 6.92 Å². The van der Waals surface area contributed by atoms with Crippen molar-refractivity contribution in [2.45, 2.75) is 13.5 Å². The van der Waals surface area contributed by atoms with E-state index in [0.29, 0.717) is 10.7 Å². The maximum Gasteiger partial charge on any atom is 0.263 e. The molecule has 78 valence electrons. The molecule has 2 rings (SSSR count). The Morgan fingerprint density at radius 2 is 2.53 bits per heavy atom. The number of rotatable bonds is 3. The van der Waals surface area contributed by atoms with Crippen LogP contribution in [0.25, 0.3) is 0 Å². The maximum absolute atomic E-state index is 11.6. The highest BCUT2D eigenvalue weighted by molar-refractivity contribution is 7.11. The van der Waals surface area contributed by atoms with Gasteiger partial charge in [0.05, 0.1) is 17.7 Å². The number of aromatic amines is 1. The third-order valence-corrected chi connectivity index (χ3v) is 2.68. The molecule has 0 radical (unpaired) electrons. The van der Waals surface area contributed by atoms with E-state index in [1.807, 2.05) is 0 Å². The van der Waals surface area contributed by atoms with Gasteiger partial charge in [-0.1, -0.05) is 5.21 Å². The fraction of sp³-hybridized carbons (Fsp3) is 0.286. The molecule has 2 aromatic heterocycles. The minimum atomic E-state index is -0.167. The summed E-state index contributed by atoms with van der Waals surface area (Å²) < 4.78 is 0. The highest BCUT2D eigenvalue weighted by Gasteiger charge is 2.11. The van der Waals surface area contributed by atoms with E-state index in [1.165, 1.54) is 11.3 Å². The van der Waals surface area contributed by atoms with Crippen LogP contribution in [0.3, 0.4) is 0 Å². The molecule has 2 aromatic rings. The molecule has 0 saturated carbocycles. The zero-order valence-corrected chi connectivity index (χ0v) is 8.71. The molecular formula is C7H8N6OS. The van der Waals surface area contributed by atoms with Gasteiger partial charge in [0.25, 0.3) is 5.91 Å². The first-order chi connectivity index (χ1) is 7.27.